The second-order valence-electron chi connectivity index (χ2n) is 3.29. The molecule has 0 fully saturated rings. The molecule has 5 nitrogen and oxygen atoms in total. The Balaban J connectivity index is 2.85. The summed E-state index contributed by atoms with van der Waals surface area (Å²) in [6, 6.07) is 1.57. The highest BCUT2D eigenvalue weighted by Gasteiger charge is 2.11. The Morgan fingerprint density at radius 2 is 2.35 bits per heavy atom. The van der Waals surface area contributed by atoms with Crippen LogP contribution in [0.25, 0.3) is 0 Å². The van der Waals surface area contributed by atoms with Gasteiger partial charge in [0, 0.05) is 30.9 Å². The normalized spacial score (nSPS) is 9.76. The van der Waals surface area contributed by atoms with Gasteiger partial charge in [0.2, 0.25) is 0 Å². The number of nitrogens with one attached hydrogen (secondary N) is 1. The molecule has 0 aromatic carbocycles. The van der Waals surface area contributed by atoms with Gasteiger partial charge in [-0.1, -0.05) is 6.08 Å². The van der Waals surface area contributed by atoms with Gasteiger partial charge >= 0.3 is 5.97 Å². The van der Waals surface area contributed by atoms with Crippen LogP contribution in [0.3, 0.4) is 0 Å². The summed E-state index contributed by atoms with van der Waals surface area (Å²) in [5.74, 6) is 0.130. The maximum Gasteiger partial charge on any atom is 0.356 e. The van der Waals surface area contributed by atoms with E-state index >= 15 is 0 Å². The van der Waals surface area contributed by atoms with E-state index in [-0.39, 0.29) is 5.69 Å². The zero-order chi connectivity index (χ0) is 12.7. The predicted molar refractivity (Wildman–Crippen MR) is 64.0 cm³/mol. The van der Waals surface area contributed by atoms with Crippen molar-refractivity contribution in [1.29, 1.82) is 0 Å². The fourth-order valence-electron chi connectivity index (χ4n) is 1.31. The fraction of sp³-hybridized carbons (Fsp3) is 0.333. The number of nitrogens with zero attached hydrogens (tertiary/aromatic N) is 1. The first-order valence-corrected chi connectivity index (χ1v) is 5.15. The average molecular weight is 236 g/mol. The van der Waals surface area contributed by atoms with Crippen LogP contribution in [0.1, 0.15) is 16.1 Å². The predicted octanol–water partition coefficient (Wildman–Crippen LogP) is 1.15. The van der Waals surface area contributed by atoms with Crippen LogP contribution in [0, 0.1) is 0 Å². The highest BCUT2D eigenvalue weighted by Crippen LogP contribution is 2.18. The van der Waals surface area contributed by atoms with Crippen LogP contribution in [0.15, 0.2) is 24.9 Å². The lowest BCUT2D eigenvalue weighted by molar-refractivity contribution is 0.0593. The first kappa shape index (κ1) is 13.2. The number of hydrogen-bond donors (Lipinski definition) is 1. The lowest BCUT2D eigenvalue weighted by Crippen LogP contribution is -2.14. The van der Waals surface area contributed by atoms with E-state index in [2.05, 4.69) is 21.6 Å². The summed E-state index contributed by atoms with van der Waals surface area (Å²) in [5.41, 5.74) is 1.11. The van der Waals surface area contributed by atoms with Crippen molar-refractivity contribution in [3.8, 4) is 5.75 Å². The second-order valence-corrected chi connectivity index (χ2v) is 3.29. The number of esters is 1. The van der Waals surface area contributed by atoms with Crippen molar-refractivity contribution in [1.82, 2.24) is 10.3 Å². The van der Waals surface area contributed by atoms with Crippen LogP contribution in [0.4, 0.5) is 0 Å². The molecule has 92 valence electrons. The smallest absolute Gasteiger partial charge is 0.356 e. The number of aromatic nitrogens is 1. The minimum absolute atomic E-state index is 0.233. The summed E-state index contributed by atoms with van der Waals surface area (Å²) in [6.07, 6.45) is 3.36. The van der Waals surface area contributed by atoms with Crippen molar-refractivity contribution < 1.29 is 14.3 Å². The van der Waals surface area contributed by atoms with Gasteiger partial charge < -0.3 is 14.8 Å². The Labute approximate surface area is 100 Å². The number of ether oxygens (including phenoxy) is 2. The van der Waals surface area contributed by atoms with Gasteiger partial charge in [-0.05, 0) is 0 Å². The quantitative estimate of drug-likeness (QED) is 0.456. The maximum absolute atomic E-state index is 11.3. The standard InChI is InChI=1S/C12H16N2O3/c1-4-5-13-7-9-8-14-10(12(15)17-3)6-11(9)16-2/h4,6,8,13H,1,5,7H2,2-3H3. The number of carbonyl (C=O) groups is 1. The van der Waals surface area contributed by atoms with Crippen molar-refractivity contribution in [2.45, 2.75) is 6.54 Å². The van der Waals surface area contributed by atoms with Crippen LogP contribution < -0.4 is 10.1 Å². The zero-order valence-corrected chi connectivity index (χ0v) is 10.0. The summed E-state index contributed by atoms with van der Waals surface area (Å²) in [7, 11) is 2.86. The molecular weight excluding hydrogens is 220 g/mol. The van der Waals surface area contributed by atoms with Gasteiger partial charge in [0.25, 0.3) is 0 Å². The summed E-state index contributed by atoms with van der Waals surface area (Å²) in [4.78, 5) is 15.3. The monoisotopic (exact) mass is 236 g/mol. The molecule has 0 saturated carbocycles. The summed E-state index contributed by atoms with van der Waals surface area (Å²) in [6.45, 7) is 4.91. The van der Waals surface area contributed by atoms with Gasteiger partial charge in [-0.2, -0.15) is 0 Å². The minimum Gasteiger partial charge on any atom is -0.496 e. The molecule has 0 amide bonds. The van der Waals surface area contributed by atoms with E-state index in [4.69, 9.17) is 4.74 Å². The largest absolute Gasteiger partial charge is 0.496 e. The summed E-state index contributed by atoms with van der Waals surface area (Å²) >= 11 is 0. The minimum atomic E-state index is -0.478. The number of hydrogen-bond acceptors (Lipinski definition) is 5. The third kappa shape index (κ3) is 3.57. The number of carbonyl (C=O) groups excluding carboxylic acids is 1. The third-order valence-electron chi connectivity index (χ3n) is 2.16. The van der Waals surface area contributed by atoms with Crippen LogP contribution in [-0.2, 0) is 11.3 Å². The number of rotatable bonds is 6. The van der Waals surface area contributed by atoms with Gasteiger partial charge in [0.05, 0.1) is 14.2 Å². The number of methoxy groups -OCH3 is 2. The average Bonchev–Trinajstić information content (AvgIpc) is 2.38. The molecule has 1 aromatic heterocycles. The molecule has 0 aliphatic carbocycles. The lowest BCUT2D eigenvalue weighted by atomic mass is 10.2. The van der Waals surface area contributed by atoms with E-state index in [0.717, 1.165) is 5.56 Å². The van der Waals surface area contributed by atoms with E-state index in [1.54, 1.807) is 25.4 Å². The molecule has 0 spiro atoms. The Morgan fingerprint density at radius 1 is 1.59 bits per heavy atom. The summed E-state index contributed by atoms with van der Waals surface area (Å²) in [5, 5.41) is 3.13. The van der Waals surface area contributed by atoms with Crippen molar-refractivity contribution in [3.05, 3.63) is 36.2 Å². The molecule has 0 radical (unpaired) electrons. The van der Waals surface area contributed by atoms with E-state index in [1.807, 2.05) is 0 Å². The van der Waals surface area contributed by atoms with Gasteiger partial charge in [0.15, 0.2) is 5.69 Å². The molecule has 0 saturated heterocycles. The van der Waals surface area contributed by atoms with Gasteiger partial charge in [-0.25, -0.2) is 9.78 Å². The Morgan fingerprint density at radius 3 is 2.94 bits per heavy atom. The molecule has 5 heteroatoms. The Kier molecular flexibility index (Phi) is 5.16. The first-order valence-electron chi connectivity index (χ1n) is 5.15. The molecule has 1 rings (SSSR count). The van der Waals surface area contributed by atoms with Gasteiger partial charge in [-0.15, -0.1) is 6.58 Å². The molecular formula is C12H16N2O3. The molecule has 0 aliphatic heterocycles. The second kappa shape index (κ2) is 6.65. The van der Waals surface area contributed by atoms with Crippen molar-refractivity contribution >= 4 is 5.97 Å². The highest BCUT2D eigenvalue weighted by molar-refractivity contribution is 5.87. The van der Waals surface area contributed by atoms with Gasteiger partial charge in [0.1, 0.15) is 5.75 Å². The topological polar surface area (TPSA) is 60.5 Å². The Hall–Kier alpha value is -1.88. The Bertz CT molecular complexity index is 405. The molecule has 1 N–H and O–H groups in total. The van der Waals surface area contributed by atoms with E-state index < -0.39 is 5.97 Å². The third-order valence-corrected chi connectivity index (χ3v) is 2.16. The SMILES string of the molecule is C=CCNCc1cnc(C(=O)OC)cc1OC. The highest BCUT2D eigenvalue weighted by atomic mass is 16.5. The van der Waals surface area contributed by atoms with E-state index in [1.165, 1.54) is 7.11 Å². The van der Waals surface area contributed by atoms with Crippen molar-refractivity contribution in [3.63, 3.8) is 0 Å². The van der Waals surface area contributed by atoms with Crippen LogP contribution in [0.5, 0.6) is 5.75 Å². The molecule has 17 heavy (non-hydrogen) atoms. The molecule has 0 unspecified atom stereocenters. The zero-order valence-electron chi connectivity index (χ0n) is 10.0. The maximum atomic E-state index is 11.3. The van der Waals surface area contributed by atoms with E-state index in [0.29, 0.717) is 18.8 Å². The first-order chi connectivity index (χ1) is 8.22. The number of pyridine rings is 1. The fourth-order valence-corrected chi connectivity index (χ4v) is 1.31. The van der Waals surface area contributed by atoms with E-state index in [9.17, 15) is 4.79 Å². The molecule has 1 heterocycles. The van der Waals surface area contributed by atoms with Crippen molar-refractivity contribution in [2.24, 2.45) is 0 Å². The van der Waals surface area contributed by atoms with Crippen molar-refractivity contribution in [2.75, 3.05) is 20.8 Å². The van der Waals surface area contributed by atoms with Crippen LogP contribution >= 0.6 is 0 Å². The van der Waals surface area contributed by atoms with Crippen LogP contribution in [-0.4, -0.2) is 31.7 Å². The lowest BCUT2D eigenvalue weighted by Gasteiger charge is -2.09. The molecule has 0 bridgehead atoms. The van der Waals surface area contributed by atoms with Crippen LogP contribution in [0.2, 0.25) is 0 Å². The molecule has 0 aliphatic rings. The molecule has 1 aromatic rings. The molecule has 0 atom stereocenters. The summed E-state index contributed by atoms with van der Waals surface area (Å²) < 4.78 is 9.79. The van der Waals surface area contributed by atoms with Gasteiger partial charge in [-0.3, -0.25) is 0 Å².